The van der Waals surface area contributed by atoms with Gasteiger partial charge in [0.2, 0.25) is 0 Å². The Morgan fingerprint density at radius 3 is 2.23 bits per heavy atom. The Bertz CT molecular complexity index is 418. The molecule has 0 aromatic carbocycles. The van der Waals surface area contributed by atoms with Gasteiger partial charge in [0.25, 0.3) is 0 Å². The Morgan fingerprint density at radius 1 is 0.962 bits per heavy atom. The molecule has 0 saturated carbocycles. The van der Waals surface area contributed by atoms with Crippen LogP contribution >= 0.6 is 0 Å². The van der Waals surface area contributed by atoms with Crippen molar-refractivity contribution in [3.63, 3.8) is 0 Å². The number of rotatable bonds is 15. The summed E-state index contributed by atoms with van der Waals surface area (Å²) in [4.78, 5) is 14.4. The maximum absolute atomic E-state index is 10.6. The van der Waals surface area contributed by atoms with E-state index in [0.717, 1.165) is 44.9 Å². The molecule has 0 aliphatic rings. The summed E-state index contributed by atoms with van der Waals surface area (Å²) in [5.74, 6) is -0.988. The molecule has 0 rings (SSSR count). The van der Waals surface area contributed by atoms with Gasteiger partial charge in [-0.3, -0.25) is 0 Å². The van der Waals surface area contributed by atoms with Crippen molar-refractivity contribution in [1.82, 2.24) is 0 Å². The van der Waals surface area contributed by atoms with Gasteiger partial charge in [0, 0.05) is 5.97 Å². The van der Waals surface area contributed by atoms with Crippen molar-refractivity contribution in [3.05, 3.63) is 48.6 Å². The molecule has 136 valence electrons. The van der Waals surface area contributed by atoms with Crippen molar-refractivity contribution in [2.24, 2.45) is 0 Å². The molecule has 0 aromatic heterocycles. The number of carboxylic acids is 1. The standard InChI is InChI=1S/C20H32O4.2Na/c1-2-3-13-16-19(24-23)17-14-11-9-7-5-4-6-8-10-12-15-18-20(21)22;;/h4-5,8-11,14,17,19,23H,2-3,6-7,12-13,15-16,18H2,1H3,(H,21,22);;/q;2*+1/p-2. The Balaban J connectivity index is -0.00000264. The molecule has 4 nitrogen and oxygen atoms in total. The molecule has 0 amide bonds. The van der Waals surface area contributed by atoms with Crippen molar-refractivity contribution < 1.29 is 79.2 Å². The summed E-state index contributed by atoms with van der Waals surface area (Å²) in [5.41, 5.74) is 0. The second-order valence-electron chi connectivity index (χ2n) is 5.62. The number of carboxylic acid groups (broad SMARTS) is 1. The molecule has 0 saturated heterocycles. The van der Waals surface area contributed by atoms with Gasteiger partial charge in [0.15, 0.2) is 0 Å². The van der Waals surface area contributed by atoms with Gasteiger partial charge in [-0.25, -0.2) is 0 Å². The molecule has 0 fully saturated rings. The average Bonchev–Trinajstić information content (AvgIpc) is 2.57. The molecule has 0 N–H and O–H groups in total. The molecule has 0 aliphatic carbocycles. The summed E-state index contributed by atoms with van der Waals surface area (Å²) in [7, 11) is 0. The number of unbranched alkanes of at least 4 members (excludes halogenated alkanes) is 3. The number of allylic oxidation sites excluding steroid dienone is 7. The molecular formula is C20H30Na2O4. The van der Waals surface area contributed by atoms with Crippen LogP contribution in [0.1, 0.15) is 64.7 Å². The fourth-order valence-electron chi connectivity index (χ4n) is 2.05. The first-order valence-electron chi connectivity index (χ1n) is 8.82. The van der Waals surface area contributed by atoms with Crippen molar-refractivity contribution in [2.45, 2.75) is 70.8 Å². The second-order valence-corrected chi connectivity index (χ2v) is 5.62. The third kappa shape index (κ3) is 24.4. The monoisotopic (exact) mass is 380 g/mol. The molecule has 1 unspecified atom stereocenters. The van der Waals surface area contributed by atoms with E-state index in [2.05, 4.69) is 24.0 Å². The summed E-state index contributed by atoms with van der Waals surface area (Å²) >= 11 is 0. The van der Waals surface area contributed by atoms with Crippen LogP contribution in [-0.2, 0) is 9.68 Å². The zero-order valence-electron chi connectivity index (χ0n) is 16.7. The molecule has 0 aromatic rings. The molecule has 0 heterocycles. The third-order valence-electron chi connectivity index (χ3n) is 3.42. The fourth-order valence-corrected chi connectivity index (χ4v) is 2.05. The Labute approximate surface area is 203 Å². The Kier molecular flexibility index (Phi) is 30.3. The molecule has 0 bridgehead atoms. The van der Waals surface area contributed by atoms with E-state index in [-0.39, 0.29) is 71.6 Å². The van der Waals surface area contributed by atoms with Crippen LogP contribution < -0.4 is 69.5 Å². The molecule has 1 atom stereocenters. The average molecular weight is 380 g/mol. The zero-order valence-corrected chi connectivity index (χ0v) is 20.7. The predicted molar refractivity (Wildman–Crippen MR) is 93.7 cm³/mol. The fraction of sp³-hybridized carbons (Fsp3) is 0.550. The van der Waals surface area contributed by atoms with E-state index in [1.54, 1.807) is 6.08 Å². The topological polar surface area (TPSA) is 72.4 Å². The number of hydrogen-bond acceptors (Lipinski definition) is 4. The van der Waals surface area contributed by atoms with E-state index in [1.807, 2.05) is 30.4 Å². The summed E-state index contributed by atoms with van der Waals surface area (Å²) in [6.07, 6.45) is 22.7. The molecule has 0 spiro atoms. The van der Waals surface area contributed by atoms with Gasteiger partial charge in [-0.2, -0.15) is 0 Å². The zero-order chi connectivity index (χ0) is 17.9. The molecule has 26 heavy (non-hydrogen) atoms. The van der Waals surface area contributed by atoms with Gasteiger partial charge in [-0.15, -0.1) is 0 Å². The number of hydrogen-bond donors (Lipinski definition) is 0. The van der Waals surface area contributed by atoms with Gasteiger partial charge in [-0.1, -0.05) is 74.8 Å². The van der Waals surface area contributed by atoms with Crippen molar-refractivity contribution in [3.8, 4) is 0 Å². The number of aliphatic carboxylic acids is 1. The van der Waals surface area contributed by atoms with Gasteiger partial charge in [0.1, 0.15) is 0 Å². The van der Waals surface area contributed by atoms with E-state index in [1.165, 1.54) is 0 Å². The van der Waals surface area contributed by atoms with Crippen LogP contribution in [0.2, 0.25) is 0 Å². The second kappa shape index (κ2) is 25.4. The first-order valence-corrected chi connectivity index (χ1v) is 8.82. The summed E-state index contributed by atoms with van der Waals surface area (Å²) in [6.45, 7) is 2.13. The van der Waals surface area contributed by atoms with Gasteiger partial charge >= 0.3 is 59.1 Å². The summed E-state index contributed by atoms with van der Waals surface area (Å²) < 4.78 is 0. The van der Waals surface area contributed by atoms with E-state index in [9.17, 15) is 15.2 Å². The smallest absolute Gasteiger partial charge is 0.723 e. The van der Waals surface area contributed by atoms with Gasteiger partial charge < -0.3 is 20.0 Å². The first kappa shape index (κ1) is 31.1. The van der Waals surface area contributed by atoms with Crippen LogP contribution in [0, 0.1) is 0 Å². The third-order valence-corrected chi connectivity index (χ3v) is 3.42. The van der Waals surface area contributed by atoms with Crippen LogP contribution in [-0.4, -0.2) is 12.1 Å². The maximum atomic E-state index is 10.6. The van der Waals surface area contributed by atoms with Crippen molar-refractivity contribution in [2.75, 3.05) is 0 Å². The Morgan fingerprint density at radius 2 is 1.62 bits per heavy atom. The largest absolute Gasteiger partial charge is 1.00 e. The maximum Gasteiger partial charge on any atom is 1.00 e. The van der Waals surface area contributed by atoms with E-state index in [0.29, 0.717) is 6.42 Å². The van der Waals surface area contributed by atoms with Crippen LogP contribution in [0.4, 0.5) is 0 Å². The van der Waals surface area contributed by atoms with Gasteiger partial charge in [0.05, 0.1) is 6.10 Å². The van der Waals surface area contributed by atoms with E-state index < -0.39 is 5.97 Å². The molecule has 0 aliphatic heterocycles. The van der Waals surface area contributed by atoms with Gasteiger partial charge in [-0.05, 0) is 38.5 Å². The predicted octanol–water partition coefficient (Wildman–Crippen LogP) is -2.84. The molecule has 6 heteroatoms. The summed E-state index contributed by atoms with van der Waals surface area (Å²) in [6, 6.07) is 0. The number of carbonyl (C=O) groups excluding carboxylic acids is 1. The van der Waals surface area contributed by atoms with E-state index in [4.69, 9.17) is 0 Å². The van der Waals surface area contributed by atoms with Crippen LogP contribution in [0.5, 0.6) is 0 Å². The molecule has 0 radical (unpaired) electrons. The minimum Gasteiger partial charge on any atom is -0.723 e. The van der Waals surface area contributed by atoms with Crippen LogP contribution in [0.25, 0.3) is 0 Å². The minimum absolute atomic E-state index is 0. The number of carbonyl (C=O) groups is 1. The first-order chi connectivity index (χ1) is 11.7. The summed E-state index contributed by atoms with van der Waals surface area (Å²) in [5, 5.41) is 20.8. The normalized spacial score (nSPS) is 12.7. The Hall–Kier alpha value is 0.350. The quantitative estimate of drug-likeness (QED) is 0.0766. The molecular weight excluding hydrogens is 350 g/mol. The van der Waals surface area contributed by atoms with Crippen LogP contribution in [0.15, 0.2) is 48.6 Å². The van der Waals surface area contributed by atoms with Crippen molar-refractivity contribution >= 4 is 5.97 Å². The van der Waals surface area contributed by atoms with Crippen LogP contribution in [0.3, 0.4) is 0 Å². The van der Waals surface area contributed by atoms with E-state index >= 15 is 0 Å². The SMILES string of the molecule is CCCCCC(C=CC=CCC=CCC=CCCCC(=O)[O-])O[O-].[Na+].[Na+]. The minimum atomic E-state index is -0.988. The van der Waals surface area contributed by atoms with Crippen molar-refractivity contribution in [1.29, 1.82) is 0 Å².